The molecule has 0 unspecified atom stereocenters. The van der Waals surface area contributed by atoms with E-state index in [0.29, 0.717) is 17.9 Å². The van der Waals surface area contributed by atoms with Gasteiger partial charge < -0.3 is 20.3 Å². The Morgan fingerprint density at radius 2 is 1.77 bits per heavy atom. The Hall–Kier alpha value is -3.02. The molecule has 160 valence electrons. The van der Waals surface area contributed by atoms with E-state index in [0.717, 1.165) is 50.2 Å². The van der Waals surface area contributed by atoms with Crippen LogP contribution in [0.4, 0.5) is 11.4 Å². The molecule has 2 amide bonds. The van der Waals surface area contributed by atoms with Gasteiger partial charge in [-0.3, -0.25) is 9.59 Å². The molecule has 6 heteroatoms. The van der Waals surface area contributed by atoms with Gasteiger partial charge in [-0.1, -0.05) is 19.4 Å². The van der Waals surface area contributed by atoms with E-state index < -0.39 is 0 Å². The first-order chi connectivity index (χ1) is 14.7. The predicted octanol–water partition coefficient (Wildman–Crippen LogP) is 4.54. The van der Waals surface area contributed by atoms with E-state index in [4.69, 9.17) is 4.74 Å². The number of unbranched alkanes of at least 4 members (excludes halogenated alkanes) is 1. The summed E-state index contributed by atoms with van der Waals surface area (Å²) in [6.45, 7) is 4.60. The number of hydrogen-bond acceptors (Lipinski definition) is 4. The number of carbonyl (C=O) groups excluding carboxylic acids is 2. The highest BCUT2D eigenvalue weighted by Gasteiger charge is 2.18. The number of amides is 2. The molecule has 3 rings (SSSR count). The average molecular weight is 410 g/mol. The van der Waals surface area contributed by atoms with Gasteiger partial charge in [-0.2, -0.15) is 0 Å². The number of anilines is 2. The fourth-order valence-corrected chi connectivity index (χ4v) is 3.40. The third-order valence-corrected chi connectivity index (χ3v) is 5.11. The lowest BCUT2D eigenvalue weighted by Gasteiger charge is -2.26. The van der Waals surface area contributed by atoms with Crippen molar-refractivity contribution in [1.82, 2.24) is 4.90 Å². The van der Waals surface area contributed by atoms with Crippen LogP contribution in [0.1, 0.15) is 49.4 Å². The van der Waals surface area contributed by atoms with E-state index in [1.54, 1.807) is 24.3 Å². The summed E-state index contributed by atoms with van der Waals surface area (Å²) in [5.74, 6) is 0.694. The molecule has 2 N–H and O–H groups in total. The molecule has 1 aliphatic rings. The van der Waals surface area contributed by atoms with Crippen LogP contribution in [-0.2, 0) is 4.79 Å². The number of likely N-dealkylation sites (tertiary alicyclic amines) is 1. The molecule has 2 aromatic rings. The molecule has 0 atom stereocenters. The van der Waals surface area contributed by atoms with Gasteiger partial charge in [0.2, 0.25) is 5.91 Å². The lowest BCUT2D eigenvalue weighted by Crippen LogP contribution is -2.35. The lowest BCUT2D eigenvalue weighted by molar-refractivity contribution is -0.114. The SMILES string of the molecule is CCCCOc1ccc(NCC(=O)Nc2cccc(C(=O)N3CCCCC3)c2)cc1. The van der Waals surface area contributed by atoms with Crippen LogP contribution in [0.3, 0.4) is 0 Å². The summed E-state index contributed by atoms with van der Waals surface area (Å²) in [7, 11) is 0. The van der Waals surface area contributed by atoms with E-state index in [1.807, 2.05) is 29.2 Å². The molecule has 0 spiro atoms. The quantitative estimate of drug-likeness (QED) is 0.597. The summed E-state index contributed by atoms with van der Waals surface area (Å²) in [5, 5.41) is 5.96. The Bertz CT molecular complexity index is 830. The molecule has 0 bridgehead atoms. The maximum atomic E-state index is 12.6. The van der Waals surface area contributed by atoms with Gasteiger partial charge in [0.25, 0.3) is 5.91 Å². The lowest BCUT2D eigenvalue weighted by atomic mass is 10.1. The zero-order valence-electron chi connectivity index (χ0n) is 17.7. The van der Waals surface area contributed by atoms with Crippen molar-refractivity contribution in [3.8, 4) is 5.75 Å². The van der Waals surface area contributed by atoms with Crippen LogP contribution in [0.2, 0.25) is 0 Å². The summed E-state index contributed by atoms with van der Waals surface area (Å²) >= 11 is 0. The fraction of sp³-hybridized carbons (Fsp3) is 0.417. The summed E-state index contributed by atoms with van der Waals surface area (Å²) in [4.78, 5) is 26.9. The van der Waals surface area contributed by atoms with Gasteiger partial charge in [0.1, 0.15) is 5.75 Å². The highest BCUT2D eigenvalue weighted by molar-refractivity contribution is 5.98. The normalized spacial score (nSPS) is 13.6. The molecule has 0 aromatic heterocycles. The van der Waals surface area contributed by atoms with Gasteiger partial charge in [-0.05, 0) is 68.1 Å². The highest BCUT2D eigenvalue weighted by Crippen LogP contribution is 2.18. The first-order valence-electron chi connectivity index (χ1n) is 10.8. The molecular weight excluding hydrogens is 378 g/mol. The van der Waals surface area contributed by atoms with Gasteiger partial charge in [-0.15, -0.1) is 0 Å². The number of carbonyl (C=O) groups is 2. The number of nitrogens with zero attached hydrogens (tertiary/aromatic N) is 1. The molecule has 1 fully saturated rings. The van der Waals surface area contributed by atoms with Gasteiger partial charge in [-0.25, -0.2) is 0 Å². The van der Waals surface area contributed by atoms with Gasteiger partial charge >= 0.3 is 0 Å². The van der Waals surface area contributed by atoms with E-state index in [9.17, 15) is 9.59 Å². The van der Waals surface area contributed by atoms with Gasteiger partial charge in [0, 0.05) is 30.0 Å². The Morgan fingerprint density at radius 3 is 2.50 bits per heavy atom. The van der Waals surface area contributed by atoms with Gasteiger partial charge in [0.15, 0.2) is 0 Å². The second-order valence-corrected chi connectivity index (χ2v) is 7.56. The fourth-order valence-electron chi connectivity index (χ4n) is 3.40. The standard InChI is InChI=1S/C24H31N3O3/c1-2-3-16-30-22-12-10-20(11-13-22)25-18-23(28)26-21-9-7-8-19(17-21)24(29)27-14-5-4-6-15-27/h7-13,17,25H,2-6,14-16,18H2,1H3,(H,26,28). The van der Waals surface area contributed by atoms with Crippen LogP contribution >= 0.6 is 0 Å². The molecule has 2 aromatic carbocycles. The topological polar surface area (TPSA) is 70.7 Å². The minimum atomic E-state index is -0.166. The average Bonchev–Trinajstić information content (AvgIpc) is 2.79. The molecule has 6 nitrogen and oxygen atoms in total. The van der Waals surface area contributed by atoms with Crippen molar-refractivity contribution in [1.29, 1.82) is 0 Å². The Labute approximate surface area is 178 Å². The molecule has 0 aliphatic carbocycles. The van der Waals surface area contributed by atoms with Crippen molar-refractivity contribution in [3.63, 3.8) is 0 Å². The summed E-state index contributed by atoms with van der Waals surface area (Å²) in [6.07, 6.45) is 5.43. The van der Waals surface area contributed by atoms with Crippen LogP contribution < -0.4 is 15.4 Å². The molecule has 30 heavy (non-hydrogen) atoms. The van der Waals surface area contributed by atoms with Crippen LogP contribution in [0, 0.1) is 0 Å². The minimum absolute atomic E-state index is 0.0326. The zero-order valence-corrected chi connectivity index (χ0v) is 17.7. The Morgan fingerprint density at radius 1 is 1.00 bits per heavy atom. The van der Waals surface area contributed by atoms with Crippen LogP contribution in [0.15, 0.2) is 48.5 Å². The van der Waals surface area contributed by atoms with Crippen molar-refractivity contribution in [3.05, 3.63) is 54.1 Å². The summed E-state index contributed by atoms with van der Waals surface area (Å²) < 4.78 is 5.64. The van der Waals surface area contributed by atoms with Gasteiger partial charge in [0.05, 0.1) is 13.2 Å². The van der Waals surface area contributed by atoms with E-state index in [2.05, 4.69) is 17.6 Å². The first-order valence-corrected chi connectivity index (χ1v) is 10.8. The van der Waals surface area contributed by atoms with Crippen molar-refractivity contribution in [2.75, 3.05) is 36.9 Å². The summed E-state index contributed by atoms with van der Waals surface area (Å²) in [5.41, 5.74) is 2.09. The third kappa shape index (κ3) is 6.51. The summed E-state index contributed by atoms with van der Waals surface area (Å²) in [6, 6.07) is 14.7. The first kappa shape index (κ1) is 21.7. The zero-order chi connectivity index (χ0) is 21.2. The van der Waals surface area contributed by atoms with Crippen molar-refractivity contribution in [2.45, 2.75) is 39.0 Å². The van der Waals surface area contributed by atoms with Crippen LogP contribution in [0.25, 0.3) is 0 Å². The minimum Gasteiger partial charge on any atom is -0.494 e. The second kappa shape index (κ2) is 11.2. The van der Waals surface area contributed by atoms with E-state index in [1.165, 1.54) is 6.42 Å². The molecule has 1 saturated heterocycles. The molecule has 0 saturated carbocycles. The molecule has 1 aliphatic heterocycles. The van der Waals surface area contributed by atoms with Crippen LogP contribution in [0.5, 0.6) is 5.75 Å². The second-order valence-electron chi connectivity index (χ2n) is 7.56. The largest absolute Gasteiger partial charge is 0.494 e. The third-order valence-electron chi connectivity index (χ3n) is 5.11. The molecular formula is C24H31N3O3. The number of ether oxygens (including phenoxy) is 1. The monoisotopic (exact) mass is 409 g/mol. The highest BCUT2D eigenvalue weighted by atomic mass is 16.5. The van der Waals surface area contributed by atoms with Crippen molar-refractivity contribution >= 4 is 23.2 Å². The van der Waals surface area contributed by atoms with Crippen LogP contribution in [-0.4, -0.2) is 43.0 Å². The van der Waals surface area contributed by atoms with Crippen molar-refractivity contribution in [2.24, 2.45) is 0 Å². The molecule has 0 radical (unpaired) electrons. The molecule has 1 heterocycles. The maximum absolute atomic E-state index is 12.6. The number of piperidine rings is 1. The Kier molecular flexibility index (Phi) is 8.12. The number of hydrogen-bond donors (Lipinski definition) is 2. The van der Waals surface area contributed by atoms with E-state index in [-0.39, 0.29) is 18.4 Å². The Balaban J connectivity index is 1.48. The number of nitrogens with one attached hydrogen (secondary N) is 2. The number of rotatable bonds is 9. The number of benzene rings is 2. The van der Waals surface area contributed by atoms with Crippen molar-refractivity contribution < 1.29 is 14.3 Å². The van der Waals surface area contributed by atoms with E-state index >= 15 is 0 Å². The maximum Gasteiger partial charge on any atom is 0.253 e. The smallest absolute Gasteiger partial charge is 0.253 e. The predicted molar refractivity (Wildman–Crippen MR) is 120 cm³/mol.